The molecule has 0 amide bonds. The lowest BCUT2D eigenvalue weighted by atomic mass is 10.1. The average Bonchev–Trinajstić information content (AvgIpc) is 2.95. The van der Waals surface area contributed by atoms with Gasteiger partial charge < -0.3 is 5.32 Å². The van der Waals surface area contributed by atoms with Crippen LogP contribution in [0.15, 0.2) is 35.3 Å². The van der Waals surface area contributed by atoms with Crippen LogP contribution in [0.5, 0.6) is 0 Å². The number of nitrogens with one attached hydrogen (secondary N) is 1. The van der Waals surface area contributed by atoms with Crippen LogP contribution in [0.2, 0.25) is 0 Å². The van der Waals surface area contributed by atoms with Gasteiger partial charge in [0, 0.05) is 34.3 Å². The molecule has 0 saturated carbocycles. The summed E-state index contributed by atoms with van der Waals surface area (Å²) in [6, 6.07) is 11.3. The maximum absolute atomic E-state index is 4.77. The standard InChI is InChI=1S/C15H20N2S3/c1-2-4-12(5-3-1)8-13-10-20-15(17-13)16-9-14-11-18-6-7-19-14/h1-5,13-14H,6-11H2,(H,16,17). The number of amidine groups is 1. The number of rotatable bonds is 4. The van der Waals surface area contributed by atoms with Crippen LogP contribution in [-0.2, 0) is 6.42 Å². The summed E-state index contributed by atoms with van der Waals surface area (Å²) < 4.78 is 0. The largest absolute Gasteiger partial charge is 0.361 e. The van der Waals surface area contributed by atoms with Gasteiger partial charge in [-0.1, -0.05) is 42.1 Å². The maximum atomic E-state index is 4.77. The summed E-state index contributed by atoms with van der Waals surface area (Å²) >= 11 is 6.04. The van der Waals surface area contributed by atoms with Crippen molar-refractivity contribution in [1.82, 2.24) is 5.32 Å². The van der Waals surface area contributed by atoms with E-state index in [2.05, 4.69) is 59.2 Å². The molecule has 1 aromatic carbocycles. The van der Waals surface area contributed by atoms with E-state index in [4.69, 9.17) is 4.99 Å². The topological polar surface area (TPSA) is 24.4 Å². The molecule has 0 spiro atoms. The van der Waals surface area contributed by atoms with Gasteiger partial charge in [-0.15, -0.1) is 0 Å². The molecule has 20 heavy (non-hydrogen) atoms. The highest BCUT2D eigenvalue weighted by Gasteiger charge is 2.21. The molecule has 2 aliphatic heterocycles. The lowest BCUT2D eigenvalue weighted by Gasteiger charge is -2.19. The van der Waals surface area contributed by atoms with Crippen LogP contribution in [0.1, 0.15) is 5.56 Å². The molecular formula is C15H20N2S3. The summed E-state index contributed by atoms with van der Waals surface area (Å²) in [5, 5.41) is 5.45. The summed E-state index contributed by atoms with van der Waals surface area (Å²) in [4.78, 5) is 4.77. The molecule has 0 aromatic heterocycles. The SMILES string of the molecule is c1ccc(CC2CSC(=NCC3CSCCS3)N2)cc1. The van der Waals surface area contributed by atoms with E-state index in [9.17, 15) is 0 Å². The average molecular weight is 325 g/mol. The van der Waals surface area contributed by atoms with Crippen molar-refractivity contribution in [3.05, 3.63) is 35.9 Å². The van der Waals surface area contributed by atoms with E-state index < -0.39 is 0 Å². The van der Waals surface area contributed by atoms with Crippen molar-refractivity contribution in [3.63, 3.8) is 0 Å². The molecule has 5 heteroatoms. The normalized spacial score (nSPS) is 28.5. The van der Waals surface area contributed by atoms with Gasteiger partial charge in [0.2, 0.25) is 0 Å². The molecular weight excluding hydrogens is 304 g/mol. The Labute approximate surface area is 134 Å². The second-order valence-electron chi connectivity index (χ2n) is 5.06. The Morgan fingerprint density at radius 3 is 2.85 bits per heavy atom. The summed E-state index contributed by atoms with van der Waals surface area (Å²) in [5.74, 6) is 5.00. The van der Waals surface area contributed by atoms with E-state index in [-0.39, 0.29) is 0 Å². The van der Waals surface area contributed by atoms with E-state index >= 15 is 0 Å². The number of hydrogen-bond acceptors (Lipinski definition) is 4. The highest BCUT2D eigenvalue weighted by Crippen LogP contribution is 2.25. The fourth-order valence-corrected chi connectivity index (χ4v) is 5.92. The maximum Gasteiger partial charge on any atom is 0.156 e. The van der Waals surface area contributed by atoms with Gasteiger partial charge in [0.15, 0.2) is 5.17 Å². The van der Waals surface area contributed by atoms with Gasteiger partial charge in [0.25, 0.3) is 0 Å². The Balaban J connectivity index is 1.46. The molecule has 0 radical (unpaired) electrons. The van der Waals surface area contributed by atoms with Gasteiger partial charge in [-0.3, -0.25) is 4.99 Å². The van der Waals surface area contributed by atoms with Crippen molar-refractivity contribution >= 4 is 40.5 Å². The summed E-state index contributed by atoms with van der Waals surface area (Å²) in [6.07, 6.45) is 1.10. The predicted octanol–water partition coefficient (Wildman–Crippen LogP) is 3.14. The molecule has 1 aromatic rings. The van der Waals surface area contributed by atoms with Crippen LogP contribution in [0.3, 0.4) is 0 Å². The van der Waals surface area contributed by atoms with E-state index in [1.807, 2.05) is 11.8 Å². The summed E-state index contributed by atoms with van der Waals surface area (Å²) in [7, 11) is 0. The van der Waals surface area contributed by atoms with Crippen molar-refractivity contribution < 1.29 is 0 Å². The molecule has 1 N–H and O–H groups in total. The smallest absolute Gasteiger partial charge is 0.156 e. The van der Waals surface area contributed by atoms with E-state index in [1.54, 1.807) is 0 Å². The van der Waals surface area contributed by atoms with Crippen molar-refractivity contribution in [3.8, 4) is 0 Å². The van der Waals surface area contributed by atoms with Crippen molar-refractivity contribution in [1.29, 1.82) is 0 Å². The molecule has 2 aliphatic rings. The van der Waals surface area contributed by atoms with Gasteiger partial charge >= 0.3 is 0 Å². The zero-order chi connectivity index (χ0) is 13.6. The first-order valence-electron chi connectivity index (χ1n) is 7.07. The summed E-state index contributed by atoms with van der Waals surface area (Å²) in [6.45, 7) is 0.977. The first-order chi connectivity index (χ1) is 9.90. The van der Waals surface area contributed by atoms with Crippen molar-refractivity contribution in [2.24, 2.45) is 4.99 Å². The van der Waals surface area contributed by atoms with Gasteiger partial charge in [-0.05, 0) is 12.0 Å². The monoisotopic (exact) mass is 324 g/mol. The molecule has 2 heterocycles. The van der Waals surface area contributed by atoms with Crippen LogP contribution in [0.4, 0.5) is 0 Å². The van der Waals surface area contributed by atoms with Gasteiger partial charge in [0.05, 0.1) is 6.54 Å². The molecule has 3 rings (SSSR count). The molecule has 2 atom stereocenters. The van der Waals surface area contributed by atoms with E-state index in [0.717, 1.165) is 29.1 Å². The van der Waals surface area contributed by atoms with Crippen LogP contribution < -0.4 is 5.32 Å². The first-order valence-corrected chi connectivity index (χ1v) is 10.3. The summed E-state index contributed by atoms with van der Waals surface area (Å²) in [5.41, 5.74) is 1.41. The molecule has 2 saturated heterocycles. The van der Waals surface area contributed by atoms with Crippen molar-refractivity contribution in [2.75, 3.05) is 29.6 Å². The van der Waals surface area contributed by atoms with Crippen LogP contribution in [0.25, 0.3) is 0 Å². The van der Waals surface area contributed by atoms with Gasteiger partial charge in [-0.2, -0.15) is 23.5 Å². The molecule has 2 nitrogen and oxygen atoms in total. The number of thioether (sulfide) groups is 3. The zero-order valence-corrected chi connectivity index (χ0v) is 13.9. The Morgan fingerprint density at radius 2 is 2.05 bits per heavy atom. The van der Waals surface area contributed by atoms with Gasteiger partial charge in [0.1, 0.15) is 0 Å². The second-order valence-corrected chi connectivity index (χ2v) is 8.62. The lowest BCUT2D eigenvalue weighted by Crippen LogP contribution is -2.29. The fraction of sp³-hybridized carbons (Fsp3) is 0.533. The predicted molar refractivity (Wildman–Crippen MR) is 95.4 cm³/mol. The molecule has 2 fully saturated rings. The third-order valence-electron chi connectivity index (χ3n) is 3.40. The van der Waals surface area contributed by atoms with Crippen molar-refractivity contribution in [2.45, 2.75) is 17.7 Å². The van der Waals surface area contributed by atoms with E-state index in [0.29, 0.717) is 6.04 Å². The van der Waals surface area contributed by atoms with Crippen LogP contribution >= 0.6 is 35.3 Å². The van der Waals surface area contributed by atoms with Gasteiger partial charge in [-0.25, -0.2) is 0 Å². The van der Waals surface area contributed by atoms with Crippen LogP contribution in [-0.4, -0.2) is 46.0 Å². The quantitative estimate of drug-likeness (QED) is 0.919. The Morgan fingerprint density at radius 1 is 1.15 bits per heavy atom. The minimum Gasteiger partial charge on any atom is -0.361 e. The Hall–Kier alpha value is -0.260. The fourth-order valence-electron chi connectivity index (χ4n) is 2.36. The van der Waals surface area contributed by atoms with E-state index in [1.165, 1.54) is 22.8 Å². The van der Waals surface area contributed by atoms with Crippen LogP contribution in [0, 0.1) is 0 Å². The number of aliphatic imine (C=N–C) groups is 1. The second kappa shape index (κ2) is 7.66. The third-order valence-corrected chi connectivity index (χ3v) is 7.31. The number of nitrogens with zero attached hydrogens (tertiary/aromatic N) is 1. The highest BCUT2D eigenvalue weighted by atomic mass is 32.2. The first kappa shape index (κ1) is 14.7. The number of benzene rings is 1. The minimum absolute atomic E-state index is 0.537. The highest BCUT2D eigenvalue weighted by molar-refractivity contribution is 8.14. The zero-order valence-electron chi connectivity index (χ0n) is 11.5. The number of hydrogen-bond donors (Lipinski definition) is 1. The Bertz CT molecular complexity index is 444. The molecule has 0 bridgehead atoms. The molecule has 108 valence electrons. The lowest BCUT2D eigenvalue weighted by molar-refractivity contribution is 0.686. The third kappa shape index (κ3) is 4.37. The molecule has 0 aliphatic carbocycles. The minimum atomic E-state index is 0.537. The Kier molecular flexibility index (Phi) is 5.62. The molecule has 2 unspecified atom stereocenters.